The predicted molar refractivity (Wildman–Crippen MR) is 249 cm³/mol. The molecule has 6 heteroatoms. The van der Waals surface area contributed by atoms with Gasteiger partial charge in [-0.1, -0.05) is 180 Å². The number of rotatable bonds is 7. The standard InChI is InChI=1S/C56H45N3O2.Pt/c1-55(2,3)42-25-27-50(58-35-42)41-16-12-17-43(31-41)60-44-33-47-46-26-23-39-15-10-11-18-45(39)52(46)61-53(47)48(34-44)54-57-29-30-59(54)51-28-24-40(32-49(51)56(4,5)6)38-21-19-37(20-22-38)36-13-8-7-9-14-36;/h7-30,32-33,35H,1-6H3;/q-2;+2. The number of fused-ring (bicyclic) bond motifs is 5. The molecular weight excluding hydrogens is 942 g/mol. The molecule has 0 atom stereocenters. The summed E-state index contributed by atoms with van der Waals surface area (Å²) in [4.78, 5) is 9.80. The van der Waals surface area contributed by atoms with Crippen LogP contribution in [0.15, 0.2) is 169 Å². The van der Waals surface area contributed by atoms with E-state index in [1.165, 1.54) is 22.3 Å². The van der Waals surface area contributed by atoms with Gasteiger partial charge in [0.15, 0.2) is 0 Å². The maximum atomic E-state index is 6.89. The molecule has 0 aliphatic heterocycles. The molecule has 0 spiro atoms. The van der Waals surface area contributed by atoms with Crippen molar-refractivity contribution in [1.82, 2.24) is 14.5 Å². The molecule has 5 nitrogen and oxygen atoms in total. The van der Waals surface area contributed by atoms with Crippen LogP contribution >= 0.6 is 0 Å². The molecule has 62 heavy (non-hydrogen) atoms. The van der Waals surface area contributed by atoms with Gasteiger partial charge in [0.25, 0.3) is 0 Å². The van der Waals surface area contributed by atoms with Gasteiger partial charge >= 0.3 is 21.1 Å². The van der Waals surface area contributed by atoms with E-state index in [1.807, 2.05) is 61.1 Å². The summed E-state index contributed by atoms with van der Waals surface area (Å²) in [6.07, 6.45) is 5.81. The molecule has 0 saturated heterocycles. The van der Waals surface area contributed by atoms with E-state index >= 15 is 0 Å². The van der Waals surface area contributed by atoms with Gasteiger partial charge in [-0.3, -0.25) is 4.98 Å². The Morgan fingerprint density at radius 2 is 1.29 bits per heavy atom. The molecule has 3 aromatic heterocycles. The summed E-state index contributed by atoms with van der Waals surface area (Å²) >= 11 is 0. The molecule has 0 fully saturated rings. The molecule has 3 heterocycles. The third-order valence-electron chi connectivity index (χ3n) is 11.5. The van der Waals surface area contributed by atoms with E-state index < -0.39 is 0 Å². The number of hydrogen-bond acceptors (Lipinski definition) is 4. The first kappa shape index (κ1) is 40.8. The van der Waals surface area contributed by atoms with Gasteiger partial charge in [-0.25, -0.2) is 0 Å². The Balaban J connectivity index is 0.00000490. The molecular formula is C56H45N3O2Pt. The molecule has 0 amide bonds. The summed E-state index contributed by atoms with van der Waals surface area (Å²) in [5.74, 6) is 1.79. The second-order valence-corrected chi connectivity index (χ2v) is 17.8. The Morgan fingerprint density at radius 3 is 2.03 bits per heavy atom. The third-order valence-corrected chi connectivity index (χ3v) is 11.5. The zero-order chi connectivity index (χ0) is 41.9. The van der Waals surface area contributed by atoms with E-state index in [1.54, 1.807) is 0 Å². The summed E-state index contributed by atoms with van der Waals surface area (Å²) in [6, 6.07) is 57.8. The fourth-order valence-corrected chi connectivity index (χ4v) is 8.20. The van der Waals surface area contributed by atoms with Crippen LogP contribution in [0.3, 0.4) is 0 Å². The Hall–Kier alpha value is -6.55. The molecule has 7 aromatic carbocycles. The summed E-state index contributed by atoms with van der Waals surface area (Å²) in [5.41, 5.74) is 11.8. The van der Waals surface area contributed by atoms with Gasteiger partial charge < -0.3 is 18.7 Å². The topological polar surface area (TPSA) is 53.1 Å². The molecule has 0 aliphatic carbocycles. The van der Waals surface area contributed by atoms with Crippen LogP contribution in [0, 0.1) is 12.1 Å². The Labute approximate surface area is 377 Å². The van der Waals surface area contributed by atoms with E-state index in [9.17, 15) is 0 Å². The largest absolute Gasteiger partial charge is 2.00 e. The van der Waals surface area contributed by atoms with Gasteiger partial charge in [0.2, 0.25) is 0 Å². The predicted octanol–water partition coefficient (Wildman–Crippen LogP) is 15.0. The van der Waals surface area contributed by atoms with Crippen molar-refractivity contribution in [2.45, 2.75) is 52.4 Å². The summed E-state index contributed by atoms with van der Waals surface area (Å²) < 4.78 is 15.7. The fraction of sp³-hybridized carbons (Fsp3) is 0.143. The second-order valence-electron chi connectivity index (χ2n) is 17.8. The van der Waals surface area contributed by atoms with Gasteiger partial charge in [0.1, 0.15) is 5.58 Å². The van der Waals surface area contributed by atoms with E-state index in [-0.39, 0.29) is 31.9 Å². The zero-order valence-electron chi connectivity index (χ0n) is 35.6. The number of pyridine rings is 1. The van der Waals surface area contributed by atoms with Crippen LogP contribution in [0.1, 0.15) is 52.7 Å². The number of furan rings is 1. The van der Waals surface area contributed by atoms with Gasteiger partial charge in [0.05, 0.1) is 11.4 Å². The van der Waals surface area contributed by atoms with Gasteiger partial charge in [-0.2, -0.15) is 0 Å². The van der Waals surface area contributed by atoms with Gasteiger partial charge in [-0.15, -0.1) is 23.8 Å². The molecule has 0 aliphatic rings. The molecule has 0 unspecified atom stereocenters. The minimum absolute atomic E-state index is 0. The zero-order valence-corrected chi connectivity index (χ0v) is 37.8. The van der Waals surface area contributed by atoms with E-state index in [0.29, 0.717) is 28.5 Å². The summed E-state index contributed by atoms with van der Waals surface area (Å²) in [6.45, 7) is 13.3. The number of imidazole rings is 1. The van der Waals surface area contributed by atoms with Crippen molar-refractivity contribution in [1.29, 1.82) is 0 Å². The molecule has 306 valence electrons. The smallest absolute Gasteiger partial charge is 0.500 e. The first-order chi connectivity index (χ1) is 29.5. The van der Waals surface area contributed by atoms with Crippen LogP contribution in [0.4, 0.5) is 0 Å². The van der Waals surface area contributed by atoms with Crippen LogP contribution < -0.4 is 4.74 Å². The van der Waals surface area contributed by atoms with Crippen molar-refractivity contribution in [3.63, 3.8) is 0 Å². The normalized spacial score (nSPS) is 11.9. The summed E-state index contributed by atoms with van der Waals surface area (Å²) in [7, 11) is 0. The van der Waals surface area contributed by atoms with Crippen molar-refractivity contribution >= 4 is 32.7 Å². The molecule has 0 N–H and O–H groups in total. The Kier molecular flexibility index (Phi) is 10.6. The van der Waals surface area contributed by atoms with Crippen LogP contribution in [0.25, 0.3) is 83.3 Å². The number of benzene rings is 7. The van der Waals surface area contributed by atoms with Crippen molar-refractivity contribution in [2.24, 2.45) is 0 Å². The Bertz CT molecular complexity index is 3220. The minimum atomic E-state index is -0.193. The third kappa shape index (κ3) is 7.67. The van der Waals surface area contributed by atoms with Crippen LogP contribution in [-0.2, 0) is 31.9 Å². The van der Waals surface area contributed by atoms with E-state index in [2.05, 4.69) is 161 Å². The van der Waals surface area contributed by atoms with Crippen LogP contribution in [0.5, 0.6) is 11.5 Å². The quantitative estimate of drug-likeness (QED) is 0.149. The number of ether oxygens (including phenoxy) is 1. The minimum Gasteiger partial charge on any atom is -0.500 e. The van der Waals surface area contributed by atoms with Crippen molar-refractivity contribution < 1.29 is 30.2 Å². The fourth-order valence-electron chi connectivity index (χ4n) is 8.20. The molecule has 0 radical (unpaired) electrons. The number of aromatic nitrogens is 3. The van der Waals surface area contributed by atoms with E-state index in [4.69, 9.17) is 19.1 Å². The first-order valence-electron chi connectivity index (χ1n) is 20.8. The SMILES string of the molecule is CC(C)(C)c1ccc(-c2[c-]c(Oc3[c-]c(-c4nccn4-c4ccc(-c5ccc(-c6ccccc6)cc5)cc4C(C)(C)C)c4oc5c6ccccc6ccc5c4c3)ccc2)nc1.[Pt+2]. The van der Waals surface area contributed by atoms with Crippen molar-refractivity contribution in [3.05, 3.63) is 187 Å². The molecule has 0 saturated carbocycles. The second kappa shape index (κ2) is 16.0. The van der Waals surface area contributed by atoms with Crippen LogP contribution in [0.2, 0.25) is 0 Å². The number of nitrogens with zero attached hydrogens (tertiary/aromatic N) is 3. The first-order valence-corrected chi connectivity index (χ1v) is 20.8. The van der Waals surface area contributed by atoms with Crippen LogP contribution in [-0.4, -0.2) is 14.5 Å². The average molecular weight is 987 g/mol. The molecule has 10 rings (SSSR count). The average Bonchev–Trinajstić information content (AvgIpc) is 3.92. The Morgan fingerprint density at radius 1 is 0.565 bits per heavy atom. The molecule has 0 bridgehead atoms. The van der Waals surface area contributed by atoms with Crippen molar-refractivity contribution in [3.8, 4) is 62.1 Å². The maximum absolute atomic E-state index is 6.89. The summed E-state index contributed by atoms with van der Waals surface area (Å²) in [5, 5.41) is 4.06. The monoisotopic (exact) mass is 986 g/mol. The van der Waals surface area contributed by atoms with E-state index in [0.717, 1.165) is 55.2 Å². The number of hydrogen-bond donors (Lipinski definition) is 0. The van der Waals surface area contributed by atoms with Gasteiger partial charge in [-0.05, 0) is 67.4 Å². The van der Waals surface area contributed by atoms with Gasteiger partial charge in [0, 0.05) is 46.5 Å². The maximum Gasteiger partial charge on any atom is 2.00 e. The molecule has 10 aromatic rings. The van der Waals surface area contributed by atoms with Crippen molar-refractivity contribution in [2.75, 3.05) is 0 Å².